The van der Waals surface area contributed by atoms with Gasteiger partial charge in [-0.15, -0.1) is 0 Å². The van der Waals surface area contributed by atoms with E-state index in [0.717, 1.165) is 11.1 Å². The quantitative estimate of drug-likeness (QED) is 0.482. The van der Waals surface area contributed by atoms with Crippen LogP contribution in [0.15, 0.2) is 83.5 Å². The molecule has 0 radical (unpaired) electrons. The standard InChI is InChI=1S/C27H24N2O4/c1-17(2)25-23(26(30)29(28-25)21-9-6-8-20(15-21)27(31)32)16-19-7-4-5-10-24(19)33-22-13-11-18(3)12-14-22/h4-17H,1-3H3,(H,31,32)/b23-16-. The highest BCUT2D eigenvalue weighted by Crippen LogP contribution is 2.32. The number of hydrogen-bond acceptors (Lipinski definition) is 4. The number of ether oxygens (including phenoxy) is 1. The largest absolute Gasteiger partial charge is 0.478 e. The summed E-state index contributed by atoms with van der Waals surface area (Å²) in [6.07, 6.45) is 1.78. The second-order valence-corrected chi connectivity index (χ2v) is 8.12. The Morgan fingerprint density at radius 2 is 1.76 bits per heavy atom. The van der Waals surface area contributed by atoms with Crippen molar-refractivity contribution in [2.45, 2.75) is 20.8 Å². The number of anilines is 1. The van der Waals surface area contributed by atoms with Crippen LogP contribution in [0.5, 0.6) is 11.5 Å². The molecule has 1 heterocycles. The fourth-order valence-corrected chi connectivity index (χ4v) is 3.52. The lowest BCUT2D eigenvalue weighted by atomic mass is 9.98. The van der Waals surface area contributed by atoms with Gasteiger partial charge in [0.1, 0.15) is 11.5 Å². The summed E-state index contributed by atoms with van der Waals surface area (Å²) in [5.74, 6) is -0.0657. The minimum atomic E-state index is -1.06. The lowest BCUT2D eigenvalue weighted by Gasteiger charge is -2.12. The van der Waals surface area contributed by atoms with E-state index >= 15 is 0 Å². The Labute approximate surface area is 192 Å². The molecule has 3 aromatic rings. The van der Waals surface area contributed by atoms with Crippen LogP contribution in [0.3, 0.4) is 0 Å². The fraction of sp³-hybridized carbons (Fsp3) is 0.148. The van der Waals surface area contributed by atoms with E-state index < -0.39 is 5.97 Å². The van der Waals surface area contributed by atoms with Gasteiger partial charge in [-0.3, -0.25) is 4.79 Å². The number of carboxylic acid groups (broad SMARTS) is 1. The van der Waals surface area contributed by atoms with Crippen molar-refractivity contribution in [1.82, 2.24) is 0 Å². The third-order valence-corrected chi connectivity index (χ3v) is 5.26. The minimum absolute atomic E-state index is 0.0157. The molecule has 0 saturated carbocycles. The zero-order valence-electron chi connectivity index (χ0n) is 18.6. The Balaban J connectivity index is 1.72. The van der Waals surface area contributed by atoms with Gasteiger partial charge in [0, 0.05) is 5.56 Å². The van der Waals surface area contributed by atoms with Crippen molar-refractivity contribution >= 4 is 29.4 Å². The maximum atomic E-state index is 13.4. The predicted molar refractivity (Wildman–Crippen MR) is 129 cm³/mol. The zero-order chi connectivity index (χ0) is 23.5. The molecule has 6 heteroatoms. The first-order valence-corrected chi connectivity index (χ1v) is 10.7. The van der Waals surface area contributed by atoms with Gasteiger partial charge in [0.25, 0.3) is 5.91 Å². The number of aryl methyl sites for hydroxylation is 1. The van der Waals surface area contributed by atoms with Crippen LogP contribution in [-0.2, 0) is 4.79 Å². The molecule has 0 saturated heterocycles. The molecule has 1 aliphatic heterocycles. The summed E-state index contributed by atoms with van der Waals surface area (Å²) >= 11 is 0. The zero-order valence-corrected chi connectivity index (χ0v) is 18.6. The van der Waals surface area contributed by atoms with E-state index in [1.54, 1.807) is 18.2 Å². The van der Waals surface area contributed by atoms with Crippen LogP contribution in [0, 0.1) is 12.8 Å². The van der Waals surface area contributed by atoms with Crippen LogP contribution < -0.4 is 9.75 Å². The molecule has 4 rings (SSSR count). The van der Waals surface area contributed by atoms with Crippen molar-refractivity contribution in [3.05, 3.63) is 95.1 Å². The first kappa shape index (κ1) is 22.0. The van der Waals surface area contributed by atoms with E-state index in [2.05, 4.69) is 5.10 Å². The minimum Gasteiger partial charge on any atom is -0.478 e. The molecule has 0 unspecified atom stereocenters. The number of para-hydroxylation sites is 1. The molecule has 1 aliphatic rings. The third-order valence-electron chi connectivity index (χ3n) is 5.26. The highest BCUT2D eigenvalue weighted by molar-refractivity contribution is 6.33. The van der Waals surface area contributed by atoms with Gasteiger partial charge in [-0.05, 0) is 55.3 Å². The van der Waals surface area contributed by atoms with Crippen LogP contribution in [-0.4, -0.2) is 22.7 Å². The first-order valence-electron chi connectivity index (χ1n) is 10.7. The van der Waals surface area contributed by atoms with Crippen molar-refractivity contribution < 1.29 is 19.4 Å². The average molecular weight is 440 g/mol. The summed E-state index contributed by atoms with van der Waals surface area (Å²) in [6.45, 7) is 5.94. The second kappa shape index (κ2) is 9.12. The topological polar surface area (TPSA) is 79.2 Å². The number of amides is 1. The average Bonchev–Trinajstić information content (AvgIpc) is 3.13. The van der Waals surface area contributed by atoms with Gasteiger partial charge in [0.05, 0.1) is 22.5 Å². The van der Waals surface area contributed by atoms with E-state index in [0.29, 0.717) is 28.5 Å². The van der Waals surface area contributed by atoms with Crippen LogP contribution in [0.25, 0.3) is 6.08 Å². The molecule has 0 spiro atoms. The number of nitrogens with zero attached hydrogens (tertiary/aromatic N) is 2. The summed E-state index contributed by atoms with van der Waals surface area (Å²) < 4.78 is 6.08. The lowest BCUT2D eigenvalue weighted by molar-refractivity contribution is -0.114. The van der Waals surface area contributed by atoms with E-state index in [1.165, 1.54) is 17.1 Å². The molecule has 3 aromatic carbocycles. The highest BCUT2D eigenvalue weighted by atomic mass is 16.5. The number of carboxylic acids is 1. The number of carbonyl (C=O) groups excluding carboxylic acids is 1. The molecular weight excluding hydrogens is 416 g/mol. The van der Waals surface area contributed by atoms with Gasteiger partial charge in [-0.25, -0.2) is 4.79 Å². The van der Waals surface area contributed by atoms with Gasteiger partial charge < -0.3 is 9.84 Å². The maximum Gasteiger partial charge on any atom is 0.335 e. The number of benzene rings is 3. The van der Waals surface area contributed by atoms with Crippen LogP contribution >= 0.6 is 0 Å². The Kier molecular flexibility index (Phi) is 6.09. The maximum absolute atomic E-state index is 13.4. The first-order chi connectivity index (χ1) is 15.8. The second-order valence-electron chi connectivity index (χ2n) is 8.12. The number of aromatic carboxylic acids is 1. The molecule has 0 bridgehead atoms. The highest BCUT2D eigenvalue weighted by Gasteiger charge is 2.33. The van der Waals surface area contributed by atoms with E-state index in [-0.39, 0.29) is 17.4 Å². The molecular formula is C27H24N2O4. The number of hydrogen-bond donors (Lipinski definition) is 1. The van der Waals surface area contributed by atoms with Gasteiger partial charge in [0.15, 0.2) is 0 Å². The number of rotatable bonds is 6. The summed E-state index contributed by atoms with van der Waals surface area (Å²) in [5.41, 5.74) is 3.47. The van der Waals surface area contributed by atoms with Gasteiger partial charge in [-0.2, -0.15) is 10.1 Å². The third kappa shape index (κ3) is 4.70. The smallest absolute Gasteiger partial charge is 0.335 e. The molecule has 6 nitrogen and oxygen atoms in total. The molecule has 0 atom stereocenters. The molecule has 0 aliphatic carbocycles. The van der Waals surface area contributed by atoms with E-state index in [9.17, 15) is 14.7 Å². The Morgan fingerprint density at radius 1 is 1.03 bits per heavy atom. The summed E-state index contributed by atoms with van der Waals surface area (Å²) in [5, 5.41) is 15.1. The van der Waals surface area contributed by atoms with Crippen molar-refractivity contribution in [3.63, 3.8) is 0 Å². The molecule has 1 amide bonds. The SMILES string of the molecule is Cc1ccc(Oc2ccccc2/C=C2\C(=O)N(c3cccc(C(=O)O)c3)N=C2C(C)C)cc1. The van der Waals surface area contributed by atoms with Gasteiger partial charge in [-0.1, -0.05) is 55.8 Å². The molecule has 0 fully saturated rings. The summed E-state index contributed by atoms with van der Waals surface area (Å²) in [7, 11) is 0. The van der Waals surface area contributed by atoms with Gasteiger partial charge in [0.2, 0.25) is 0 Å². The summed E-state index contributed by atoms with van der Waals surface area (Å²) in [6, 6.07) is 21.4. The molecule has 0 aromatic heterocycles. The van der Waals surface area contributed by atoms with Crippen LogP contribution in [0.1, 0.15) is 35.3 Å². The normalized spacial score (nSPS) is 14.7. The molecule has 166 valence electrons. The predicted octanol–water partition coefficient (Wildman–Crippen LogP) is 5.93. The lowest BCUT2D eigenvalue weighted by Crippen LogP contribution is -2.22. The number of hydrazone groups is 1. The van der Waals surface area contributed by atoms with Crippen LogP contribution in [0.2, 0.25) is 0 Å². The van der Waals surface area contributed by atoms with Crippen LogP contribution in [0.4, 0.5) is 5.69 Å². The Morgan fingerprint density at radius 3 is 2.45 bits per heavy atom. The van der Waals surface area contributed by atoms with Crippen molar-refractivity contribution in [1.29, 1.82) is 0 Å². The Bertz CT molecular complexity index is 1270. The molecule has 33 heavy (non-hydrogen) atoms. The van der Waals surface area contributed by atoms with E-state index in [4.69, 9.17) is 4.74 Å². The fourth-order valence-electron chi connectivity index (χ4n) is 3.52. The van der Waals surface area contributed by atoms with Crippen molar-refractivity contribution in [2.24, 2.45) is 11.0 Å². The van der Waals surface area contributed by atoms with Crippen molar-refractivity contribution in [3.8, 4) is 11.5 Å². The van der Waals surface area contributed by atoms with E-state index in [1.807, 2.05) is 69.3 Å². The molecule has 1 N–H and O–H groups in total. The summed E-state index contributed by atoms with van der Waals surface area (Å²) in [4.78, 5) is 24.7. The Hall–Kier alpha value is -4.19. The monoisotopic (exact) mass is 440 g/mol. The number of carbonyl (C=O) groups is 2. The van der Waals surface area contributed by atoms with Crippen molar-refractivity contribution in [2.75, 3.05) is 5.01 Å². The van der Waals surface area contributed by atoms with Gasteiger partial charge >= 0.3 is 5.97 Å².